The molecule has 0 saturated heterocycles. The van der Waals surface area contributed by atoms with E-state index in [2.05, 4.69) is 135 Å². The van der Waals surface area contributed by atoms with Crippen LogP contribution in [-0.4, -0.2) is 26.5 Å². The van der Waals surface area contributed by atoms with Gasteiger partial charge in [-0.05, 0) is 135 Å². The summed E-state index contributed by atoms with van der Waals surface area (Å²) >= 11 is 0. The van der Waals surface area contributed by atoms with Gasteiger partial charge in [-0.25, -0.2) is 0 Å². The van der Waals surface area contributed by atoms with Gasteiger partial charge in [0.25, 0.3) is 0 Å². The van der Waals surface area contributed by atoms with Crippen molar-refractivity contribution in [1.82, 2.24) is 25.3 Å². The Morgan fingerprint density at radius 2 is 0.833 bits per heavy atom. The molecule has 0 spiro atoms. The number of benzene rings is 3. The lowest BCUT2D eigenvalue weighted by molar-refractivity contribution is 0.976. The summed E-state index contributed by atoms with van der Waals surface area (Å²) in [6.45, 7) is 0.832. The zero-order valence-electron chi connectivity index (χ0n) is 26.2. The molecule has 0 amide bonds. The Bertz CT molecular complexity index is 2150. The maximum Gasteiger partial charge on any atom is 0.0892 e. The second-order valence-electron chi connectivity index (χ2n) is 11.7. The number of pyridine rings is 4. The molecular formula is C43H31N5. The van der Waals surface area contributed by atoms with E-state index >= 15 is 0 Å². The third kappa shape index (κ3) is 6.17. The van der Waals surface area contributed by atoms with E-state index in [0.29, 0.717) is 0 Å². The highest BCUT2D eigenvalue weighted by molar-refractivity contribution is 5.86. The summed E-state index contributed by atoms with van der Waals surface area (Å²) in [4.78, 5) is 18.2. The smallest absolute Gasteiger partial charge is 0.0892 e. The Labute approximate surface area is 280 Å². The molecule has 48 heavy (non-hydrogen) atoms. The van der Waals surface area contributed by atoms with Crippen LogP contribution in [0.1, 0.15) is 5.56 Å². The van der Waals surface area contributed by atoms with Gasteiger partial charge >= 0.3 is 0 Å². The van der Waals surface area contributed by atoms with Gasteiger partial charge in [0.2, 0.25) is 0 Å². The molecule has 0 bridgehead atoms. The van der Waals surface area contributed by atoms with Crippen molar-refractivity contribution in [2.45, 2.75) is 0 Å². The molecule has 3 aromatic carbocycles. The molecule has 1 aliphatic heterocycles. The third-order valence-corrected chi connectivity index (χ3v) is 8.49. The largest absolute Gasteiger partial charge is 0.387 e. The Morgan fingerprint density at radius 3 is 1.31 bits per heavy atom. The number of nitrogens with zero attached hydrogens (tertiary/aromatic N) is 4. The number of aromatic nitrogens is 4. The molecule has 1 N–H and O–H groups in total. The van der Waals surface area contributed by atoms with Crippen molar-refractivity contribution in [2.24, 2.45) is 0 Å². The Hall–Kier alpha value is -6.46. The molecule has 5 heterocycles. The van der Waals surface area contributed by atoms with E-state index in [9.17, 15) is 0 Å². The number of nitrogens with one attached hydrogen (secondary N) is 1. The Balaban J connectivity index is 1.19. The first kappa shape index (κ1) is 29.0. The second-order valence-corrected chi connectivity index (χ2v) is 11.7. The Kier molecular flexibility index (Phi) is 7.91. The van der Waals surface area contributed by atoms with E-state index in [1.807, 2.05) is 48.8 Å². The maximum atomic E-state index is 4.59. The minimum absolute atomic E-state index is 0.832. The molecule has 5 heteroatoms. The summed E-state index contributed by atoms with van der Waals surface area (Å²) in [6.07, 6.45) is 13.8. The quantitative estimate of drug-likeness (QED) is 0.193. The van der Waals surface area contributed by atoms with Crippen LogP contribution in [0.5, 0.6) is 0 Å². The molecule has 0 atom stereocenters. The molecule has 4 aromatic heterocycles. The number of rotatable bonds is 7. The van der Waals surface area contributed by atoms with Gasteiger partial charge in [0.15, 0.2) is 0 Å². The zero-order chi connectivity index (χ0) is 32.1. The van der Waals surface area contributed by atoms with E-state index < -0.39 is 0 Å². The zero-order valence-corrected chi connectivity index (χ0v) is 26.2. The SMILES string of the molecule is C1=CC(c2cc(-c3cccc(-c4ccnc(-c5ccccn5)c4)c3)cc(-c3cccc(-c4ccnc(-c5ccccn5)c4)c3)c2)=CNC1. The topological polar surface area (TPSA) is 63.6 Å². The normalized spacial score (nSPS) is 12.3. The van der Waals surface area contributed by atoms with Crippen molar-refractivity contribution in [3.8, 4) is 67.3 Å². The van der Waals surface area contributed by atoms with Crippen molar-refractivity contribution in [3.63, 3.8) is 0 Å². The van der Waals surface area contributed by atoms with Crippen LogP contribution in [0, 0.1) is 0 Å². The van der Waals surface area contributed by atoms with Crippen LogP contribution in [0.15, 0.2) is 171 Å². The third-order valence-electron chi connectivity index (χ3n) is 8.49. The van der Waals surface area contributed by atoms with Crippen LogP contribution in [0.2, 0.25) is 0 Å². The van der Waals surface area contributed by atoms with Crippen LogP contribution >= 0.6 is 0 Å². The predicted molar refractivity (Wildman–Crippen MR) is 195 cm³/mol. The number of hydrogen-bond donors (Lipinski definition) is 1. The van der Waals surface area contributed by atoms with Crippen molar-refractivity contribution in [2.75, 3.05) is 6.54 Å². The van der Waals surface area contributed by atoms with E-state index in [4.69, 9.17) is 0 Å². The molecule has 8 rings (SSSR count). The molecule has 7 aromatic rings. The lowest BCUT2D eigenvalue weighted by atomic mass is 9.91. The number of allylic oxidation sites excluding steroid dienone is 2. The minimum Gasteiger partial charge on any atom is -0.387 e. The summed E-state index contributed by atoms with van der Waals surface area (Å²) in [5, 5.41) is 3.38. The second kappa shape index (κ2) is 13.1. The van der Waals surface area contributed by atoms with Crippen LogP contribution in [0.3, 0.4) is 0 Å². The van der Waals surface area contributed by atoms with E-state index in [-0.39, 0.29) is 0 Å². The molecule has 0 saturated carbocycles. The fourth-order valence-electron chi connectivity index (χ4n) is 6.06. The average Bonchev–Trinajstić information content (AvgIpc) is 3.19. The fourth-order valence-corrected chi connectivity index (χ4v) is 6.06. The summed E-state index contributed by atoms with van der Waals surface area (Å²) in [7, 11) is 0. The van der Waals surface area contributed by atoms with Crippen molar-refractivity contribution in [3.05, 3.63) is 176 Å². The molecule has 1 aliphatic rings. The fraction of sp³-hybridized carbons (Fsp3) is 0.0233. The van der Waals surface area contributed by atoms with Gasteiger partial charge in [-0.2, -0.15) is 0 Å². The molecule has 0 fully saturated rings. The molecular weight excluding hydrogens is 587 g/mol. The highest BCUT2D eigenvalue weighted by Gasteiger charge is 2.12. The van der Waals surface area contributed by atoms with Gasteiger partial charge in [-0.1, -0.05) is 60.7 Å². The lowest BCUT2D eigenvalue weighted by Crippen LogP contribution is -2.08. The van der Waals surface area contributed by atoms with E-state index in [0.717, 1.165) is 85.0 Å². The molecule has 5 nitrogen and oxygen atoms in total. The van der Waals surface area contributed by atoms with Gasteiger partial charge in [0, 0.05) is 37.5 Å². The van der Waals surface area contributed by atoms with Gasteiger partial charge in [-0.15, -0.1) is 0 Å². The highest BCUT2D eigenvalue weighted by atomic mass is 14.8. The highest BCUT2D eigenvalue weighted by Crippen LogP contribution is 2.35. The first-order valence-electron chi connectivity index (χ1n) is 16.0. The van der Waals surface area contributed by atoms with E-state index in [1.165, 1.54) is 0 Å². The summed E-state index contributed by atoms with van der Waals surface area (Å²) < 4.78 is 0. The first-order valence-corrected chi connectivity index (χ1v) is 16.0. The summed E-state index contributed by atoms with van der Waals surface area (Å²) in [5.41, 5.74) is 14.8. The minimum atomic E-state index is 0.832. The Morgan fingerprint density at radius 1 is 0.375 bits per heavy atom. The van der Waals surface area contributed by atoms with Crippen molar-refractivity contribution in [1.29, 1.82) is 0 Å². The van der Waals surface area contributed by atoms with Gasteiger partial charge in [-0.3, -0.25) is 19.9 Å². The lowest BCUT2D eigenvalue weighted by Gasteiger charge is -2.15. The van der Waals surface area contributed by atoms with Crippen LogP contribution in [0.4, 0.5) is 0 Å². The molecule has 0 radical (unpaired) electrons. The standard InChI is InChI=1S/C43H31N5/c1-3-18-45-40(13-1)42-27-34(15-20-47-42)30-8-5-10-32(22-30)37-24-38(26-39(25-37)36-12-7-17-44-29-36)33-11-6-9-31(23-33)35-16-21-48-43(28-35)41-14-2-4-19-46-41/h1-16,18-29,44H,17H2. The first-order chi connectivity index (χ1) is 23.8. The van der Waals surface area contributed by atoms with Crippen LogP contribution < -0.4 is 5.32 Å². The summed E-state index contributed by atoms with van der Waals surface area (Å²) in [5.74, 6) is 0. The van der Waals surface area contributed by atoms with Crippen LogP contribution in [0.25, 0.3) is 72.9 Å². The monoisotopic (exact) mass is 617 g/mol. The van der Waals surface area contributed by atoms with Crippen LogP contribution in [-0.2, 0) is 0 Å². The molecule has 0 aliphatic carbocycles. The maximum absolute atomic E-state index is 4.59. The van der Waals surface area contributed by atoms with E-state index in [1.54, 1.807) is 12.4 Å². The van der Waals surface area contributed by atoms with Crippen molar-refractivity contribution >= 4 is 5.57 Å². The number of hydrogen-bond acceptors (Lipinski definition) is 5. The average molecular weight is 618 g/mol. The summed E-state index contributed by atoms with van der Waals surface area (Å²) in [6, 6.07) is 44.4. The van der Waals surface area contributed by atoms with Gasteiger partial charge in [0.05, 0.1) is 22.8 Å². The molecule has 228 valence electrons. The van der Waals surface area contributed by atoms with Gasteiger partial charge in [0.1, 0.15) is 0 Å². The van der Waals surface area contributed by atoms with Crippen molar-refractivity contribution < 1.29 is 0 Å². The number of dihydropyridines is 1. The molecule has 0 unspecified atom stereocenters. The predicted octanol–water partition coefficient (Wildman–Crippen LogP) is 9.77. The van der Waals surface area contributed by atoms with Gasteiger partial charge < -0.3 is 5.32 Å².